The fraction of sp³-hybridized carbons (Fsp3) is 0.111. The summed E-state index contributed by atoms with van der Waals surface area (Å²) in [6.07, 6.45) is 0. The van der Waals surface area contributed by atoms with Gasteiger partial charge in [-0.05, 0) is 58.7 Å². The average molecular weight is 619 g/mol. The van der Waals surface area contributed by atoms with Gasteiger partial charge in [-0.15, -0.1) is 0 Å². The third kappa shape index (κ3) is 9.33. The van der Waals surface area contributed by atoms with Crippen LogP contribution in [-0.2, 0) is 36.0 Å². The van der Waals surface area contributed by atoms with Crippen molar-refractivity contribution in [3.8, 4) is 23.0 Å². The van der Waals surface area contributed by atoms with Gasteiger partial charge in [0, 0.05) is 0 Å². The van der Waals surface area contributed by atoms with Crippen LogP contribution in [0.25, 0.3) is 0 Å². The Hall–Kier alpha value is -5.84. The smallest absolute Gasteiger partial charge is 0.339 e. The molecule has 0 atom stereocenters. The number of urea groups is 2. The second-order valence-corrected chi connectivity index (χ2v) is 10.2. The summed E-state index contributed by atoms with van der Waals surface area (Å²) in [6.45, 7) is 0.794. The van der Waals surface area contributed by atoms with Gasteiger partial charge in [-0.25, -0.2) is 9.59 Å². The number of carbonyl (C=O) groups excluding carboxylic acids is 2. The van der Waals surface area contributed by atoms with Crippen LogP contribution < -0.4 is 20.9 Å². The normalized spacial score (nSPS) is 10.6. The molecule has 0 bridgehead atoms. The highest BCUT2D eigenvalue weighted by atomic mass is 16.7. The fourth-order valence-corrected chi connectivity index (χ4v) is 4.36. The molecular weight excluding hydrogens is 584 g/mol. The molecule has 5 aromatic rings. The van der Waals surface area contributed by atoms with E-state index in [-0.39, 0.29) is 26.3 Å². The largest absolute Gasteiger partial charge is 0.453 e. The number of primary amides is 2. The lowest BCUT2D eigenvalue weighted by molar-refractivity contribution is -0.132. The van der Waals surface area contributed by atoms with Gasteiger partial charge in [-0.3, -0.25) is 9.68 Å². The van der Waals surface area contributed by atoms with Gasteiger partial charge >= 0.3 is 12.1 Å². The van der Waals surface area contributed by atoms with Crippen molar-refractivity contribution >= 4 is 12.1 Å². The maximum Gasteiger partial charge on any atom is 0.339 e. The first-order valence-corrected chi connectivity index (χ1v) is 14.5. The molecular formula is C36H34N4O6. The molecule has 0 aliphatic rings. The number of hydrogen-bond donors (Lipinski definition) is 2. The fourth-order valence-electron chi connectivity index (χ4n) is 4.36. The highest BCUT2D eigenvalue weighted by molar-refractivity contribution is 5.71. The number of nitrogens with zero attached hydrogens (tertiary/aromatic N) is 2. The van der Waals surface area contributed by atoms with Gasteiger partial charge < -0.3 is 20.9 Å². The second kappa shape index (κ2) is 15.8. The lowest BCUT2D eigenvalue weighted by atomic mass is 10.2. The van der Waals surface area contributed by atoms with E-state index in [2.05, 4.69) is 0 Å². The standard InChI is InChI=1S/C36H34N4O6/c37-35(41)39(43-25-29-9-3-1-4-10-29)23-27-15-19-31(20-16-27)45-33-13-7-8-14-34(33)46-32-21-17-28(18-22-32)24-40(36(38)42)44-26-30-11-5-2-6-12-30/h1-22H,23-26H2,(H2,37,41)(H2,38,42). The number of benzene rings is 5. The van der Waals surface area contributed by atoms with Crippen LogP contribution in [0.2, 0.25) is 0 Å². The van der Waals surface area contributed by atoms with Gasteiger partial charge in [-0.2, -0.15) is 10.1 Å². The number of amides is 4. The highest BCUT2D eigenvalue weighted by Gasteiger charge is 2.14. The summed E-state index contributed by atoms with van der Waals surface area (Å²) in [5, 5.41) is 2.25. The quantitative estimate of drug-likeness (QED) is 0.126. The Morgan fingerprint density at radius 1 is 0.457 bits per heavy atom. The van der Waals surface area contributed by atoms with Crippen LogP contribution in [0.1, 0.15) is 22.3 Å². The minimum atomic E-state index is -0.683. The Labute approximate surface area is 267 Å². The molecule has 4 amide bonds. The van der Waals surface area contributed by atoms with Gasteiger partial charge in [-0.1, -0.05) is 97.1 Å². The van der Waals surface area contributed by atoms with Gasteiger partial charge in [0.2, 0.25) is 0 Å². The summed E-state index contributed by atoms with van der Waals surface area (Å²) in [7, 11) is 0. The molecule has 0 saturated heterocycles. The van der Waals surface area contributed by atoms with E-state index >= 15 is 0 Å². The van der Waals surface area contributed by atoms with Crippen molar-refractivity contribution in [2.75, 3.05) is 0 Å². The topological polar surface area (TPSA) is 130 Å². The van der Waals surface area contributed by atoms with Crippen LogP contribution >= 0.6 is 0 Å². The summed E-state index contributed by atoms with van der Waals surface area (Å²) in [5.74, 6) is 2.18. The van der Waals surface area contributed by atoms with Crippen molar-refractivity contribution in [3.63, 3.8) is 0 Å². The number of carbonyl (C=O) groups is 2. The molecule has 0 spiro atoms. The van der Waals surface area contributed by atoms with Gasteiger partial charge in [0.05, 0.1) is 13.1 Å². The van der Waals surface area contributed by atoms with Gasteiger partial charge in [0.1, 0.15) is 24.7 Å². The molecule has 10 nitrogen and oxygen atoms in total. The van der Waals surface area contributed by atoms with E-state index < -0.39 is 12.1 Å². The van der Waals surface area contributed by atoms with Crippen LogP contribution in [0, 0.1) is 0 Å². The van der Waals surface area contributed by atoms with Crippen molar-refractivity contribution < 1.29 is 28.7 Å². The monoisotopic (exact) mass is 618 g/mol. The first kappa shape index (κ1) is 31.6. The average Bonchev–Trinajstić information content (AvgIpc) is 3.08. The van der Waals surface area contributed by atoms with Crippen LogP contribution in [0.5, 0.6) is 23.0 Å². The minimum absolute atomic E-state index is 0.175. The molecule has 0 aliphatic heterocycles. The van der Waals surface area contributed by atoms with E-state index in [1.807, 2.05) is 97.1 Å². The first-order chi connectivity index (χ1) is 22.4. The molecule has 0 saturated carbocycles. The third-order valence-electron chi connectivity index (χ3n) is 6.76. The molecule has 0 aliphatic carbocycles. The molecule has 10 heteroatoms. The Morgan fingerprint density at radius 2 is 0.804 bits per heavy atom. The van der Waals surface area contributed by atoms with Crippen LogP contribution in [0.15, 0.2) is 133 Å². The molecule has 0 fully saturated rings. The summed E-state index contributed by atoms with van der Waals surface area (Å²) in [5.41, 5.74) is 14.5. The molecule has 234 valence electrons. The summed E-state index contributed by atoms with van der Waals surface area (Å²) >= 11 is 0. The molecule has 0 aromatic heterocycles. The SMILES string of the molecule is NC(=O)N(Cc1ccc(Oc2ccccc2Oc2ccc(CN(OCc3ccccc3)C(N)=O)cc2)cc1)OCc1ccccc1. The van der Waals surface area contributed by atoms with Crippen molar-refractivity contribution in [2.45, 2.75) is 26.3 Å². The van der Waals surface area contributed by atoms with E-state index in [1.54, 1.807) is 36.4 Å². The Balaban J connectivity index is 1.17. The van der Waals surface area contributed by atoms with Gasteiger partial charge in [0.15, 0.2) is 11.5 Å². The number of ether oxygens (including phenoxy) is 2. The van der Waals surface area contributed by atoms with E-state index in [0.29, 0.717) is 23.0 Å². The van der Waals surface area contributed by atoms with Crippen LogP contribution in [0.3, 0.4) is 0 Å². The van der Waals surface area contributed by atoms with E-state index in [9.17, 15) is 9.59 Å². The van der Waals surface area contributed by atoms with E-state index in [4.69, 9.17) is 30.6 Å². The van der Waals surface area contributed by atoms with E-state index in [1.165, 1.54) is 0 Å². The number of rotatable bonds is 14. The molecule has 5 rings (SSSR count). The number of nitrogens with two attached hydrogens (primary N) is 2. The van der Waals surface area contributed by atoms with Crippen molar-refractivity contribution in [3.05, 3.63) is 156 Å². The molecule has 46 heavy (non-hydrogen) atoms. The molecule has 0 radical (unpaired) electrons. The van der Waals surface area contributed by atoms with Gasteiger partial charge in [0.25, 0.3) is 0 Å². The summed E-state index contributed by atoms with van der Waals surface area (Å²) in [6, 6.07) is 39.5. The van der Waals surface area contributed by atoms with Crippen molar-refractivity contribution in [2.24, 2.45) is 11.5 Å². The predicted molar refractivity (Wildman–Crippen MR) is 172 cm³/mol. The third-order valence-corrected chi connectivity index (χ3v) is 6.76. The number of para-hydroxylation sites is 2. The molecule has 0 unspecified atom stereocenters. The van der Waals surface area contributed by atoms with Crippen LogP contribution in [0.4, 0.5) is 9.59 Å². The minimum Gasteiger partial charge on any atom is -0.453 e. The molecule has 5 aromatic carbocycles. The zero-order valence-electron chi connectivity index (χ0n) is 25.0. The van der Waals surface area contributed by atoms with Crippen molar-refractivity contribution in [1.29, 1.82) is 0 Å². The van der Waals surface area contributed by atoms with E-state index in [0.717, 1.165) is 32.4 Å². The second-order valence-electron chi connectivity index (χ2n) is 10.2. The zero-order chi connectivity index (χ0) is 32.1. The Bertz CT molecular complexity index is 1570. The molecule has 0 heterocycles. The maximum absolute atomic E-state index is 11.9. The first-order valence-electron chi connectivity index (χ1n) is 14.5. The lowest BCUT2D eigenvalue weighted by Gasteiger charge is -2.20. The predicted octanol–water partition coefficient (Wildman–Crippen LogP) is 7.30. The molecule has 4 N–H and O–H groups in total. The highest BCUT2D eigenvalue weighted by Crippen LogP contribution is 2.35. The Kier molecular flexibility index (Phi) is 10.8. The summed E-state index contributed by atoms with van der Waals surface area (Å²) < 4.78 is 12.2. The van der Waals surface area contributed by atoms with Crippen molar-refractivity contribution in [1.82, 2.24) is 10.1 Å². The van der Waals surface area contributed by atoms with Crippen LogP contribution in [-0.4, -0.2) is 22.2 Å². The number of hydroxylamine groups is 4. The zero-order valence-corrected chi connectivity index (χ0v) is 25.0. The Morgan fingerprint density at radius 3 is 1.15 bits per heavy atom. The summed E-state index contributed by atoms with van der Waals surface area (Å²) in [4.78, 5) is 35.2. The lowest BCUT2D eigenvalue weighted by Crippen LogP contribution is -2.35. The number of hydrogen-bond acceptors (Lipinski definition) is 6. The maximum atomic E-state index is 11.9.